The fourth-order valence-corrected chi connectivity index (χ4v) is 1.18. The third-order valence-corrected chi connectivity index (χ3v) is 3.05. The van der Waals surface area contributed by atoms with Crippen molar-refractivity contribution in [3.8, 4) is 0 Å². The summed E-state index contributed by atoms with van der Waals surface area (Å²) in [4.78, 5) is 30.1. The van der Waals surface area contributed by atoms with Crippen LogP contribution in [-0.4, -0.2) is 51.4 Å². The molecule has 0 amide bonds. The van der Waals surface area contributed by atoms with Gasteiger partial charge >= 0.3 is 17.9 Å². The third kappa shape index (κ3) is 18.5. The van der Waals surface area contributed by atoms with E-state index in [0.29, 0.717) is 12.3 Å². The Morgan fingerprint density at radius 3 is 1.00 bits per heavy atom. The molecule has 150 valence electrons. The van der Waals surface area contributed by atoms with E-state index in [1.54, 1.807) is 27.7 Å². The van der Waals surface area contributed by atoms with Crippen molar-refractivity contribution in [1.29, 1.82) is 0 Å². The maximum atomic E-state index is 10.1. The van der Waals surface area contributed by atoms with Crippen LogP contribution >= 0.6 is 0 Å². The van der Waals surface area contributed by atoms with E-state index < -0.39 is 36.0 Å². The highest BCUT2D eigenvalue weighted by atomic mass is 16.4. The molecule has 9 N–H and O–H groups in total. The fourth-order valence-electron chi connectivity index (χ4n) is 1.18. The summed E-state index contributed by atoms with van der Waals surface area (Å²) < 4.78 is 0. The summed E-state index contributed by atoms with van der Waals surface area (Å²) in [6, 6.07) is -2.12. The number of hydrogen-bond donors (Lipinski definition) is 6. The lowest BCUT2D eigenvalue weighted by Crippen LogP contribution is -2.34. The Balaban J connectivity index is -0.000000291. The number of carboxylic acid groups (broad SMARTS) is 3. The van der Waals surface area contributed by atoms with Gasteiger partial charge in [0.25, 0.3) is 0 Å². The molecule has 0 aliphatic carbocycles. The SMILES string of the molecule is CC(C)C[C@H](N)C(=O)O.CC(C)[C@H](N)C(=O)O.CC(C)[C@H](N)C(=O)O. The Morgan fingerprint density at radius 1 is 0.680 bits per heavy atom. The predicted molar refractivity (Wildman–Crippen MR) is 96.0 cm³/mol. The van der Waals surface area contributed by atoms with Crippen molar-refractivity contribution in [1.82, 2.24) is 0 Å². The summed E-state index contributed by atoms with van der Waals surface area (Å²) in [6.07, 6.45) is 0.551. The van der Waals surface area contributed by atoms with Crippen LogP contribution in [-0.2, 0) is 14.4 Å². The number of hydrogen-bond acceptors (Lipinski definition) is 6. The minimum absolute atomic E-state index is 0.0208. The van der Waals surface area contributed by atoms with E-state index in [0.717, 1.165) is 0 Å². The zero-order chi connectivity index (χ0) is 20.9. The van der Waals surface area contributed by atoms with Crippen molar-refractivity contribution in [3.05, 3.63) is 0 Å². The second kappa shape index (κ2) is 14.6. The van der Waals surface area contributed by atoms with Gasteiger partial charge in [0, 0.05) is 0 Å². The number of nitrogens with two attached hydrogens (primary N) is 3. The average molecular weight is 365 g/mol. The van der Waals surface area contributed by atoms with Gasteiger partial charge in [-0.25, -0.2) is 0 Å². The predicted octanol–water partition coefficient (Wildman–Crippen LogP) is 0.553. The summed E-state index contributed by atoms with van der Waals surface area (Å²) in [5.74, 6) is -2.38. The van der Waals surface area contributed by atoms with Crippen LogP contribution in [0.2, 0.25) is 0 Å². The van der Waals surface area contributed by atoms with E-state index in [9.17, 15) is 14.4 Å². The van der Waals surface area contributed by atoms with Gasteiger partial charge in [-0.3, -0.25) is 14.4 Å². The number of aliphatic carboxylic acids is 3. The highest BCUT2D eigenvalue weighted by Crippen LogP contribution is 2.01. The highest BCUT2D eigenvalue weighted by molar-refractivity contribution is 5.73. The molecule has 0 unspecified atom stereocenters. The molecular formula is C16H35N3O6. The Hall–Kier alpha value is -1.71. The first-order chi connectivity index (χ1) is 11.1. The van der Waals surface area contributed by atoms with Crippen LogP contribution in [0.5, 0.6) is 0 Å². The lowest BCUT2D eigenvalue weighted by atomic mass is 10.1. The van der Waals surface area contributed by atoms with Crippen LogP contribution in [0.4, 0.5) is 0 Å². The van der Waals surface area contributed by atoms with Crippen molar-refractivity contribution < 1.29 is 29.7 Å². The summed E-state index contributed by atoms with van der Waals surface area (Å²) >= 11 is 0. The molecule has 25 heavy (non-hydrogen) atoms. The van der Waals surface area contributed by atoms with Gasteiger partial charge in [-0.2, -0.15) is 0 Å². The third-order valence-electron chi connectivity index (χ3n) is 3.05. The maximum absolute atomic E-state index is 10.1. The van der Waals surface area contributed by atoms with Crippen molar-refractivity contribution >= 4 is 17.9 Å². The number of carboxylic acids is 3. The molecule has 0 spiro atoms. The second-order valence-corrected chi connectivity index (χ2v) is 6.79. The van der Waals surface area contributed by atoms with Crippen molar-refractivity contribution in [2.45, 2.75) is 66.1 Å². The fraction of sp³-hybridized carbons (Fsp3) is 0.812. The van der Waals surface area contributed by atoms with Crippen LogP contribution in [0, 0.1) is 17.8 Å². The molecule has 9 nitrogen and oxygen atoms in total. The molecule has 0 rings (SSSR count). The largest absolute Gasteiger partial charge is 0.480 e. The Kier molecular flexibility index (Phi) is 16.4. The van der Waals surface area contributed by atoms with Gasteiger partial charge in [0.05, 0.1) is 0 Å². The standard InChI is InChI=1S/C6H13NO2.2C5H11NO2/c1-4(2)3-5(7)6(8)9;2*1-3(2)4(6)5(7)8/h4-5H,3,7H2,1-2H3,(H,8,9);2*3-4H,6H2,1-2H3,(H,7,8)/t5-;2*4-/m000/s1. The van der Waals surface area contributed by atoms with Gasteiger partial charge in [-0.05, 0) is 24.2 Å². The maximum Gasteiger partial charge on any atom is 0.320 e. The molecular weight excluding hydrogens is 330 g/mol. The lowest BCUT2D eigenvalue weighted by Gasteiger charge is -2.07. The molecule has 0 aromatic heterocycles. The molecule has 0 saturated carbocycles. The highest BCUT2D eigenvalue weighted by Gasteiger charge is 2.15. The molecule has 3 atom stereocenters. The van der Waals surface area contributed by atoms with Gasteiger partial charge in [0.2, 0.25) is 0 Å². The molecule has 0 fully saturated rings. The molecule has 9 heteroatoms. The number of carbonyl (C=O) groups is 3. The molecule has 0 aliphatic heterocycles. The summed E-state index contributed by atoms with van der Waals surface area (Å²) in [5.41, 5.74) is 15.5. The quantitative estimate of drug-likeness (QED) is 0.374. The zero-order valence-corrected chi connectivity index (χ0v) is 16.0. The smallest absolute Gasteiger partial charge is 0.320 e. The topological polar surface area (TPSA) is 190 Å². The Bertz CT molecular complexity index is 375. The van der Waals surface area contributed by atoms with Crippen molar-refractivity contribution in [3.63, 3.8) is 0 Å². The molecule has 0 aromatic carbocycles. The van der Waals surface area contributed by atoms with Gasteiger partial charge < -0.3 is 32.5 Å². The van der Waals surface area contributed by atoms with Crippen LogP contribution in [0.1, 0.15) is 48.0 Å². The van der Waals surface area contributed by atoms with Crippen LogP contribution in [0.3, 0.4) is 0 Å². The normalized spacial score (nSPS) is 13.9. The van der Waals surface area contributed by atoms with E-state index >= 15 is 0 Å². The molecule has 0 bridgehead atoms. The second-order valence-electron chi connectivity index (χ2n) is 6.79. The summed E-state index contributed by atoms with van der Waals surface area (Å²) in [5, 5.41) is 24.8. The Labute approximate surface area is 149 Å². The van der Waals surface area contributed by atoms with Gasteiger partial charge in [0.15, 0.2) is 0 Å². The van der Waals surface area contributed by atoms with Gasteiger partial charge in [0.1, 0.15) is 18.1 Å². The summed E-state index contributed by atoms with van der Waals surface area (Å²) in [6.45, 7) is 11.0. The first-order valence-electron chi connectivity index (χ1n) is 8.10. The van der Waals surface area contributed by atoms with Gasteiger partial charge in [-0.1, -0.05) is 41.5 Å². The number of rotatable bonds is 7. The molecule has 0 radical (unpaired) electrons. The van der Waals surface area contributed by atoms with E-state index in [1.807, 2.05) is 13.8 Å². The van der Waals surface area contributed by atoms with Crippen LogP contribution in [0.15, 0.2) is 0 Å². The van der Waals surface area contributed by atoms with E-state index in [-0.39, 0.29) is 11.8 Å². The zero-order valence-electron chi connectivity index (χ0n) is 16.0. The van der Waals surface area contributed by atoms with E-state index in [2.05, 4.69) is 0 Å². The van der Waals surface area contributed by atoms with Crippen LogP contribution < -0.4 is 17.2 Å². The molecule has 0 saturated heterocycles. The first-order valence-corrected chi connectivity index (χ1v) is 8.10. The summed E-state index contributed by atoms with van der Waals surface area (Å²) in [7, 11) is 0. The molecule has 0 aliphatic rings. The minimum atomic E-state index is -0.931. The van der Waals surface area contributed by atoms with Crippen molar-refractivity contribution in [2.24, 2.45) is 35.0 Å². The van der Waals surface area contributed by atoms with E-state index in [1.165, 1.54) is 0 Å². The minimum Gasteiger partial charge on any atom is -0.480 e. The van der Waals surface area contributed by atoms with Gasteiger partial charge in [-0.15, -0.1) is 0 Å². The van der Waals surface area contributed by atoms with Crippen molar-refractivity contribution in [2.75, 3.05) is 0 Å². The molecule has 0 heterocycles. The first kappa shape index (κ1) is 28.1. The monoisotopic (exact) mass is 365 g/mol. The molecule has 0 aromatic rings. The van der Waals surface area contributed by atoms with Crippen LogP contribution in [0.25, 0.3) is 0 Å². The average Bonchev–Trinajstić information content (AvgIpc) is 2.45. The Morgan fingerprint density at radius 2 is 0.960 bits per heavy atom. The lowest BCUT2D eigenvalue weighted by molar-refractivity contribution is -0.140. The van der Waals surface area contributed by atoms with E-state index in [4.69, 9.17) is 32.5 Å².